The quantitative estimate of drug-likeness (QED) is 0.306. The first-order valence-electron chi connectivity index (χ1n) is 11.3. The van der Waals surface area contributed by atoms with Gasteiger partial charge in [0.2, 0.25) is 5.91 Å². The standard InChI is InChI=1S/C25H28N2O5S/c1-12(29)18-22-15-6-4-7-16(20(15)23(25(31)32-2)27(22)24(18)30)26-21-14(11-28)10-9-13-5-3-8-17(33)19(13)21/h3,5,8-10,12,15-16,18,22,26,28-29,33H,4,6-7,11H2,1-2H3. The normalized spacial score (nSPS) is 27.2. The lowest BCUT2D eigenvalue weighted by Gasteiger charge is -2.47. The van der Waals surface area contributed by atoms with E-state index in [0.29, 0.717) is 5.70 Å². The molecule has 5 atom stereocenters. The second kappa shape index (κ2) is 8.34. The third-order valence-electron chi connectivity index (χ3n) is 7.40. The number of hydrogen-bond acceptors (Lipinski definition) is 7. The van der Waals surface area contributed by atoms with Crippen LogP contribution in [0.25, 0.3) is 10.8 Å². The second-order valence-corrected chi connectivity index (χ2v) is 9.61. The molecule has 0 aromatic heterocycles. The molecule has 5 unspecified atom stereocenters. The van der Waals surface area contributed by atoms with Crippen LogP contribution >= 0.6 is 12.6 Å². The number of rotatable bonds is 5. The topological polar surface area (TPSA) is 99.1 Å². The molecule has 3 aliphatic rings. The third-order valence-corrected chi connectivity index (χ3v) is 7.77. The molecule has 7 nitrogen and oxygen atoms in total. The number of carbonyl (C=O) groups is 2. The van der Waals surface area contributed by atoms with Gasteiger partial charge in [0.15, 0.2) is 0 Å². The van der Waals surface area contributed by atoms with Crippen LogP contribution in [0.1, 0.15) is 31.7 Å². The minimum atomic E-state index is -0.781. The number of ether oxygens (including phenoxy) is 1. The molecule has 174 valence electrons. The van der Waals surface area contributed by atoms with Gasteiger partial charge in [0.25, 0.3) is 0 Å². The monoisotopic (exact) mass is 468 g/mol. The van der Waals surface area contributed by atoms with Gasteiger partial charge in [0.05, 0.1) is 37.8 Å². The van der Waals surface area contributed by atoms with Crippen LogP contribution in [-0.2, 0) is 20.9 Å². The maximum absolute atomic E-state index is 12.9. The Balaban J connectivity index is 1.62. The predicted octanol–water partition coefficient (Wildman–Crippen LogP) is 2.85. The highest BCUT2D eigenvalue weighted by atomic mass is 32.1. The van der Waals surface area contributed by atoms with Crippen molar-refractivity contribution >= 4 is 41.0 Å². The summed E-state index contributed by atoms with van der Waals surface area (Å²) < 4.78 is 5.08. The molecular formula is C25H28N2O5S. The van der Waals surface area contributed by atoms with E-state index in [9.17, 15) is 19.8 Å². The molecule has 5 rings (SSSR count). The number of fused-ring (bicyclic) bond motifs is 4. The molecule has 0 spiro atoms. The SMILES string of the molecule is COC(=O)C1=C2C(Nc3c(CO)ccc4cccc(S)c34)CCCC2C2C(C(C)O)C(=O)N12. The molecule has 0 bridgehead atoms. The molecule has 33 heavy (non-hydrogen) atoms. The van der Waals surface area contributed by atoms with Crippen LogP contribution in [0.4, 0.5) is 5.69 Å². The number of aliphatic hydroxyl groups excluding tert-OH is 2. The summed E-state index contributed by atoms with van der Waals surface area (Å²) in [5, 5.41) is 25.8. The van der Waals surface area contributed by atoms with Gasteiger partial charge in [-0.25, -0.2) is 4.79 Å². The van der Waals surface area contributed by atoms with Gasteiger partial charge in [-0.05, 0) is 36.8 Å². The van der Waals surface area contributed by atoms with Crippen LogP contribution in [0.2, 0.25) is 0 Å². The summed E-state index contributed by atoms with van der Waals surface area (Å²) in [6.07, 6.45) is 1.75. The van der Waals surface area contributed by atoms with E-state index >= 15 is 0 Å². The van der Waals surface area contributed by atoms with E-state index in [1.165, 1.54) is 7.11 Å². The number of nitrogens with one attached hydrogen (secondary N) is 1. The molecule has 2 aliphatic heterocycles. The minimum Gasteiger partial charge on any atom is -0.464 e. The number of anilines is 1. The molecule has 2 heterocycles. The Bertz CT molecular complexity index is 1180. The number of carbonyl (C=O) groups excluding carboxylic acids is 2. The number of nitrogens with zero attached hydrogens (tertiary/aromatic N) is 1. The van der Waals surface area contributed by atoms with Gasteiger partial charge in [-0.1, -0.05) is 30.7 Å². The predicted molar refractivity (Wildman–Crippen MR) is 127 cm³/mol. The van der Waals surface area contributed by atoms with Crippen LogP contribution in [0.3, 0.4) is 0 Å². The molecule has 0 radical (unpaired) electrons. The van der Waals surface area contributed by atoms with Crippen molar-refractivity contribution in [1.29, 1.82) is 0 Å². The number of β-lactam (4-membered cyclic amide) rings is 1. The summed E-state index contributed by atoms with van der Waals surface area (Å²) in [6.45, 7) is 1.49. The fourth-order valence-corrected chi connectivity index (χ4v) is 6.32. The Hall–Kier alpha value is -2.55. The van der Waals surface area contributed by atoms with Gasteiger partial charge in [-0.15, -0.1) is 12.6 Å². The Morgan fingerprint density at radius 2 is 2.09 bits per heavy atom. The van der Waals surface area contributed by atoms with Crippen LogP contribution in [0.5, 0.6) is 0 Å². The Labute approximate surface area is 197 Å². The Morgan fingerprint density at radius 3 is 2.79 bits per heavy atom. The summed E-state index contributed by atoms with van der Waals surface area (Å²) in [7, 11) is 1.32. The van der Waals surface area contributed by atoms with Crippen LogP contribution < -0.4 is 5.32 Å². The van der Waals surface area contributed by atoms with E-state index in [2.05, 4.69) is 17.9 Å². The number of thiol groups is 1. The zero-order valence-corrected chi connectivity index (χ0v) is 19.5. The van der Waals surface area contributed by atoms with E-state index in [4.69, 9.17) is 4.74 Å². The third kappa shape index (κ3) is 3.26. The van der Waals surface area contributed by atoms with Crippen molar-refractivity contribution in [3.05, 3.63) is 47.2 Å². The molecule has 1 saturated carbocycles. The van der Waals surface area contributed by atoms with Crippen molar-refractivity contribution in [2.75, 3.05) is 12.4 Å². The molecule has 1 aliphatic carbocycles. The second-order valence-electron chi connectivity index (χ2n) is 9.13. The smallest absolute Gasteiger partial charge is 0.354 e. The van der Waals surface area contributed by atoms with Crippen LogP contribution in [-0.4, -0.2) is 52.3 Å². The largest absolute Gasteiger partial charge is 0.464 e. The summed E-state index contributed by atoms with van der Waals surface area (Å²) in [5.74, 6) is -1.29. The van der Waals surface area contributed by atoms with Crippen molar-refractivity contribution in [3.63, 3.8) is 0 Å². The number of amides is 1. The van der Waals surface area contributed by atoms with Gasteiger partial charge in [0.1, 0.15) is 5.70 Å². The molecule has 2 aromatic carbocycles. The van der Waals surface area contributed by atoms with E-state index in [-0.39, 0.29) is 30.5 Å². The van der Waals surface area contributed by atoms with Crippen LogP contribution in [0, 0.1) is 11.8 Å². The lowest BCUT2D eigenvalue weighted by atomic mass is 9.71. The summed E-state index contributed by atoms with van der Waals surface area (Å²) in [6, 6.07) is 9.26. The molecule has 2 fully saturated rings. The summed E-state index contributed by atoms with van der Waals surface area (Å²) >= 11 is 4.66. The van der Waals surface area contributed by atoms with E-state index in [1.54, 1.807) is 11.8 Å². The van der Waals surface area contributed by atoms with Crippen LogP contribution in [0.15, 0.2) is 46.5 Å². The highest BCUT2D eigenvalue weighted by Gasteiger charge is 2.62. The maximum Gasteiger partial charge on any atom is 0.354 e. The van der Waals surface area contributed by atoms with E-state index < -0.39 is 18.0 Å². The van der Waals surface area contributed by atoms with Crippen molar-refractivity contribution in [1.82, 2.24) is 4.90 Å². The number of benzene rings is 2. The lowest BCUT2D eigenvalue weighted by Crippen LogP contribution is -2.64. The molecule has 3 N–H and O–H groups in total. The minimum absolute atomic E-state index is 0.0225. The highest BCUT2D eigenvalue weighted by Crippen LogP contribution is 2.53. The van der Waals surface area contributed by atoms with Crippen molar-refractivity contribution < 1.29 is 24.5 Å². The number of methoxy groups -OCH3 is 1. The van der Waals surface area contributed by atoms with Crippen molar-refractivity contribution in [3.8, 4) is 0 Å². The van der Waals surface area contributed by atoms with Crippen molar-refractivity contribution in [2.24, 2.45) is 11.8 Å². The summed E-state index contributed by atoms with van der Waals surface area (Å²) in [4.78, 5) is 28.1. The van der Waals surface area contributed by atoms with E-state index in [0.717, 1.165) is 51.8 Å². The Morgan fingerprint density at radius 1 is 1.30 bits per heavy atom. The fourth-order valence-electron chi connectivity index (χ4n) is 6.00. The molecule has 1 saturated heterocycles. The van der Waals surface area contributed by atoms with Gasteiger partial charge in [0, 0.05) is 27.5 Å². The zero-order valence-electron chi connectivity index (χ0n) is 18.6. The van der Waals surface area contributed by atoms with Gasteiger partial charge >= 0.3 is 5.97 Å². The molecule has 2 aromatic rings. The molecule has 1 amide bonds. The average molecular weight is 469 g/mol. The first-order valence-corrected chi connectivity index (χ1v) is 11.8. The van der Waals surface area contributed by atoms with Gasteiger partial charge in [-0.2, -0.15) is 0 Å². The number of hydrogen-bond donors (Lipinski definition) is 4. The maximum atomic E-state index is 12.9. The average Bonchev–Trinajstić information content (AvgIpc) is 3.09. The first kappa shape index (κ1) is 22.3. The van der Waals surface area contributed by atoms with Crippen molar-refractivity contribution in [2.45, 2.75) is 55.9 Å². The lowest BCUT2D eigenvalue weighted by molar-refractivity contribution is -0.164. The fraction of sp³-hybridized carbons (Fsp3) is 0.440. The first-order chi connectivity index (χ1) is 15.9. The van der Waals surface area contributed by atoms with Gasteiger partial charge < -0.3 is 25.2 Å². The molecular weight excluding hydrogens is 440 g/mol. The number of esters is 1. The van der Waals surface area contributed by atoms with E-state index in [1.807, 2.05) is 30.3 Å². The Kier molecular flexibility index (Phi) is 5.63. The number of aliphatic hydroxyl groups is 2. The highest BCUT2D eigenvalue weighted by molar-refractivity contribution is 7.80. The summed E-state index contributed by atoms with van der Waals surface area (Å²) in [5.41, 5.74) is 2.71. The van der Waals surface area contributed by atoms with Gasteiger partial charge in [-0.3, -0.25) is 4.79 Å². The molecule has 8 heteroatoms. The zero-order chi connectivity index (χ0) is 23.4.